The minimum absolute atomic E-state index is 0.0212. The number of carbonyl (C=O) groups is 2. The van der Waals surface area contributed by atoms with Crippen LogP contribution in [0.5, 0.6) is 0 Å². The molecule has 0 unspecified atom stereocenters. The number of rotatable bonds is 5. The maximum atomic E-state index is 12.4. The number of carboxylic acids is 1. The van der Waals surface area contributed by atoms with Gasteiger partial charge in [0.2, 0.25) is 5.91 Å². The topological polar surface area (TPSA) is 75.4 Å². The second kappa shape index (κ2) is 6.54. The SMILES string of the molecule is Cn1cc([C@H]2[C@H](C(=O)O)CCC(=O)N2CCc2cccs2)cn1. The number of hydrogen-bond donors (Lipinski definition) is 1. The molecular weight excluding hydrogens is 314 g/mol. The molecule has 0 bridgehead atoms. The van der Waals surface area contributed by atoms with E-state index in [1.54, 1.807) is 40.4 Å². The smallest absolute Gasteiger partial charge is 0.308 e. The van der Waals surface area contributed by atoms with Gasteiger partial charge in [0, 0.05) is 36.7 Å². The van der Waals surface area contributed by atoms with Gasteiger partial charge in [-0.1, -0.05) is 6.07 Å². The van der Waals surface area contributed by atoms with E-state index < -0.39 is 17.9 Å². The molecule has 0 radical (unpaired) electrons. The predicted octanol–water partition coefficient (Wildman–Crippen LogP) is 2.09. The van der Waals surface area contributed by atoms with Crippen molar-refractivity contribution in [2.45, 2.75) is 25.3 Å². The Hall–Kier alpha value is -2.15. The van der Waals surface area contributed by atoms with Crippen molar-refractivity contribution in [3.05, 3.63) is 40.3 Å². The van der Waals surface area contributed by atoms with Crippen LogP contribution in [0.15, 0.2) is 29.9 Å². The molecule has 1 N–H and O–H groups in total. The molecule has 7 heteroatoms. The summed E-state index contributed by atoms with van der Waals surface area (Å²) < 4.78 is 1.64. The van der Waals surface area contributed by atoms with Gasteiger partial charge in [0.1, 0.15) is 0 Å². The molecule has 1 aliphatic rings. The van der Waals surface area contributed by atoms with Crippen LogP contribution in [0.2, 0.25) is 0 Å². The van der Waals surface area contributed by atoms with Crippen molar-refractivity contribution in [3.63, 3.8) is 0 Å². The van der Waals surface area contributed by atoms with Gasteiger partial charge in [-0.05, 0) is 24.3 Å². The predicted molar refractivity (Wildman–Crippen MR) is 86.0 cm³/mol. The van der Waals surface area contributed by atoms with E-state index in [4.69, 9.17) is 0 Å². The Bertz CT molecular complexity index is 695. The lowest BCUT2D eigenvalue weighted by Crippen LogP contribution is -2.46. The lowest BCUT2D eigenvalue weighted by Gasteiger charge is -2.39. The summed E-state index contributed by atoms with van der Waals surface area (Å²) in [4.78, 5) is 27.0. The molecule has 23 heavy (non-hydrogen) atoms. The molecule has 0 saturated carbocycles. The van der Waals surface area contributed by atoms with Crippen molar-refractivity contribution in [3.8, 4) is 0 Å². The molecule has 1 fully saturated rings. The number of carboxylic acid groups (broad SMARTS) is 1. The van der Waals surface area contributed by atoms with Crippen LogP contribution in [-0.2, 0) is 23.1 Å². The number of piperidine rings is 1. The van der Waals surface area contributed by atoms with E-state index in [0.29, 0.717) is 13.0 Å². The van der Waals surface area contributed by atoms with Gasteiger partial charge < -0.3 is 10.0 Å². The van der Waals surface area contributed by atoms with Crippen LogP contribution in [0.1, 0.15) is 29.3 Å². The highest BCUT2D eigenvalue weighted by molar-refractivity contribution is 7.09. The Morgan fingerprint density at radius 3 is 2.96 bits per heavy atom. The van der Waals surface area contributed by atoms with Gasteiger partial charge in [0.15, 0.2) is 0 Å². The summed E-state index contributed by atoms with van der Waals surface area (Å²) in [6, 6.07) is 3.58. The fourth-order valence-corrected chi connectivity index (χ4v) is 3.86. The molecular formula is C16H19N3O3S. The number of aryl methyl sites for hydroxylation is 1. The highest BCUT2D eigenvalue weighted by atomic mass is 32.1. The monoisotopic (exact) mass is 333 g/mol. The van der Waals surface area contributed by atoms with Gasteiger partial charge in [0.25, 0.3) is 0 Å². The molecule has 6 nitrogen and oxygen atoms in total. The molecule has 0 aliphatic carbocycles. The van der Waals surface area contributed by atoms with Crippen LogP contribution < -0.4 is 0 Å². The lowest BCUT2D eigenvalue weighted by molar-refractivity contribution is -0.152. The molecule has 2 aromatic heterocycles. The summed E-state index contributed by atoms with van der Waals surface area (Å²) in [7, 11) is 1.79. The number of aliphatic carboxylic acids is 1. The van der Waals surface area contributed by atoms with Crippen LogP contribution in [0.3, 0.4) is 0 Å². The molecule has 1 aliphatic heterocycles. The Morgan fingerprint density at radius 2 is 2.35 bits per heavy atom. The van der Waals surface area contributed by atoms with Gasteiger partial charge in [0.05, 0.1) is 18.2 Å². The summed E-state index contributed by atoms with van der Waals surface area (Å²) in [6.07, 6.45) is 4.88. The van der Waals surface area contributed by atoms with E-state index >= 15 is 0 Å². The third-order valence-electron chi connectivity index (χ3n) is 4.27. The molecule has 0 aromatic carbocycles. The van der Waals surface area contributed by atoms with E-state index in [2.05, 4.69) is 5.10 Å². The standard InChI is InChI=1S/C16H19N3O3S/c1-18-10-11(9-17-18)15-13(16(21)22)4-5-14(20)19(15)7-6-12-3-2-8-23-12/h2-3,8-10,13,15H,4-7H2,1H3,(H,21,22)/t13-,15+/m1/s1. The number of thiophene rings is 1. The minimum Gasteiger partial charge on any atom is -0.481 e. The van der Waals surface area contributed by atoms with Crippen molar-refractivity contribution < 1.29 is 14.7 Å². The summed E-state index contributed by atoms with van der Waals surface area (Å²) in [6.45, 7) is 0.530. The zero-order valence-corrected chi connectivity index (χ0v) is 13.7. The Morgan fingerprint density at radius 1 is 1.52 bits per heavy atom. The average molecular weight is 333 g/mol. The first kappa shape index (κ1) is 15.7. The van der Waals surface area contributed by atoms with E-state index in [1.807, 2.05) is 17.5 Å². The molecule has 3 heterocycles. The van der Waals surface area contributed by atoms with Crippen LogP contribution in [0.4, 0.5) is 0 Å². The first-order valence-electron chi connectivity index (χ1n) is 7.59. The normalized spacial score (nSPS) is 21.6. The van der Waals surface area contributed by atoms with Crippen LogP contribution in [-0.4, -0.2) is 38.2 Å². The maximum absolute atomic E-state index is 12.4. The van der Waals surface area contributed by atoms with Gasteiger partial charge in [-0.25, -0.2) is 0 Å². The van der Waals surface area contributed by atoms with Gasteiger partial charge >= 0.3 is 5.97 Å². The van der Waals surface area contributed by atoms with Crippen molar-refractivity contribution in [1.29, 1.82) is 0 Å². The van der Waals surface area contributed by atoms with Crippen LogP contribution in [0.25, 0.3) is 0 Å². The number of aromatic nitrogens is 2. The zero-order chi connectivity index (χ0) is 16.4. The Kier molecular flexibility index (Phi) is 4.47. The Balaban J connectivity index is 1.87. The maximum Gasteiger partial charge on any atom is 0.308 e. The molecule has 2 atom stereocenters. The summed E-state index contributed by atoms with van der Waals surface area (Å²) in [5.74, 6) is -1.42. The molecule has 1 saturated heterocycles. The number of nitrogens with zero attached hydrogens (tertiary/aromatic N) is 3. The number of amides is 1. The van der Waals surface area contributed by atoms with Crippen molar-refractivity contribution in [2.24, 2.45) is 13.0 Å². The fourth-order valence-electron chi connectivity index (χ4n) is 3.17. The van der Waals surface area contributed by atoms with Crippen molar-refractivity contribution >= 4 is 23.2 Å². The average Bonchev–Trinajstić information content (AvgIpc) is 3.16. The van der Waals surface area contributed by atoms with E-state index in [0.717, 1.165) is 12.0 Å². The Labute approximate surface area is 138 Å². The number of hydrogen-bond acceptors (Lipinski definition) is 4. The lowest BCUT2D eigenvalue weighted by atomic mass is 9.85. The van der Waals surface area contributed by atoms with Gasteiger partial charge in [-0.15, -0.1) is 11.3 Å². The zero-order valence-electron chi connectivity index (χ0n) is 12.9. The summed E-state index contributed by atoms with van der Waals surface area (Å²) in [5, 5.41) is 15.7. The number of likely N-dealkylation sites (tertiary alicyclic amines) is 1. The van der Waals surface area contributed by atoms with Gasteiger partial charge in [-0.2, -0.15) is 5.10 Å². The molecule has 2 aromatic rings. The summed E-state index contributed by atoms with van der Waals surface area (Å²) >= 11 is 1.65. The van der Waals surface area contributed by atoms with E-state index in [-0.39, 0.29) is 12.3 Å². The summed E-state index contributed by atoms with van der Waals surface area (Å²) in [5.41, 5.74) is 0.791. The quantitative estimate of drug-likeness (QED) is 0.909. The van der Waals surface area contributed by atoms with E-state index in [1.165, 1.54) is 4.88 Å². The second-order valence-electron chi connectivity index (χ2n) is 5.79. The molecule has 122 valence electrons. The molecule has 1 amide bonds. The van der Waals surface area contributed by atoms with E-state index in [9.17, 15) is 14.7 Å². The first-order chi connectivity index (χ1) is 11.1. The fraction of sp³-hybridized carbons (Fsp3) is 0.438. The molecule has 3 rings (SSSR count). The first-order valence-corrected chi connectivity index (χ1v) is 8.47. The highest BCUT2D eigenvalue weighted by Crippen LogP contribution is 2.37. The third-order valence-corrected chi connectivity index (χ3v) is 5.21. The van der Waals surface area contributed by atoms with Gasteiger partial charge in [-0.3, -0.25) is 14.3 Å². The highest BCUT2D eigenvalue weighted by Gasteiger charge is 2.41. The largest absolute Gasteiger partial charge is 0.481 e. The number of carbonyl (C=O) groups excluding carboxylic acids is 1. The van der Waals surface area contributed by atoms with Crippen LogP contribution in [0, 0.1) is 5.92 Å². The van der Waals surface area contributed by atoms with Crippen molar-refractivity contribution in [2.75, 3.05) is 6.54 Å². The van der Waals surface area contributed by atoms with Crippen LogP contribution >= 0.6 is 11.3 Å². The molecule has 0 spiro atoms. The van der Waals surface area contributed by atoms with Crippen molar-refractivity contribution in [1.82, 2.24) is 14.7 Å². The minimum atomic E-state index is -0.854. The second-order valence-corrected chi connectivity index (χ2v) is 6.82. The third kappa shape index (κ3) is 3.29.